The van der Waals surface area contributed by atoms with Gasteiger partial charge in [-0.3, -0.25) is 0 Å². The standard InChI is InChI=1S/2ClH.FH.K.Zr.H/h3*1H;;;/q;;;+1;+3;-1/p-3. The third-order valence-electron chi connectivity index (χ3n) is 0. The molecule has 0 aromatic rings. The summed E-state index contributed by atoms with van der Waals surface area (Å²) in [4.78, 5) is 0. The molecular formula is HCl2FKZr. The average Bonchev–Trinajstić information content (AvgIpc) is 0.811. The van der Waals surface area contributed by atoms with Gasteiger partial charge in [-0.1, -0.05) is 0 Å². The van der Waals surface area contributed by atoms with Gasteiger partial charge in [-0.25, -0.2) is 0 Å². The average molecular weight is 221 g/mol. The zero-order valence-corrected chi connectivity index (χ0v) is 9.73. The van der Waals surface area contributed by atoms with Crippen LogP contribution in [0.3, 0.4) is 0 Å². The van der Waals surface area contributed by atoms with E-state index in [1.54, 1.807) is 0 Å². The van der Waals surface area contributed by atoms with Crippen LogP contribution in [0.4, 0.5) is 2.63 Å². The quantitative estimate of drug-likeness (QED) is 0.456. The summed E-state index contributed by atoms with van der Waals surface area (Å²) in [5, 5.41) is 0. The van der Waals surface area contributed by atoms with E-state index in [4.69, 9.17) is 0 Å². The van der Waals surface area contributed by atoms with E-state index in [1.807, 2.05) is 0 Å². The van der Waals surface area contributed by atoms with Crippen molar-refractivity contribution < 1.29 is 75.4 Å². The third kappa shape index (κ3) is 19.4. The molecule has 0 atom stereocenters. The van der Waals surface area contributed by atoms with Crippen molar-refractivity contribution in [3.05, 3.63) is 0 Å². The molecule has 0 aliphatic heterocycles. The summed E-state index contributed by atoms with van der Waals surface area (Å²) in [6, 6.07) is 0. The Morgan fingerprint density at radius 3 is 1.60 bits per heavy atom. The molecule has 0 unspecified atom stereocenters. The summed E-state index contributed by atoms with van der Waals surface area (Å²) in [6.45, 7) is 0. The van der Waals surface area contributed by atoms with Crippen LogP contribution in [0, 0.1) is 0 Å². The molecule has 0 aliphatic rings. The van der Waals surface area contributed by atoms with E-state index in [9.17, 15) is 2.63 Å². The molecule has 0 spiro atoms. The summed E-state index contributed by atoms with van der Waals surface area (Å²) >= 11 is -3.10. The van der Waals surface area contributed by atoms with Crippen molar-refractivity contribution in [1.82, 2.24) is 0 Å². The zero-order valence-electron chi connectivity index (χ0n) is 3.63. The van der Waals surface area contributed by atoms with Crippen LogP contribution in [0.25, 0.3) is 0 Å². The van der Waals surface area contributed by atoms with E-state index in [0.717, 1.165) is 0 Å². The molecule has 0 rings (SSSR count). The second-order valence-electron chi connectivity index (χ2n) is 0.214. The molecule has 0 heterocycles. The molecule has 5 heavy (non-hydrogen) atoms. The fourth-order valence-corrected chi connectivity index (χ4v) is 0. The summed E-state index contributed by atoms with van der Waals surface area (Å²) in [5.74, 6) is 0. The van der Waals surface area contributed by atoms with Gasteiger partial charge in [-0.05, 0) is 0 Å². The molecule has 0 aliphatic carbocycles. The maximum atomic E-state index is 10.7. The van der Waals surface area contributed by atoms with Crippen LogP contribution in [0.1, 0.15) is 1.43 Å². The van der Waals surface area contributed by atoms with E-state index in [1.165, 1.54) is 0 Å². The minimum Gasteiger partial charge on any atom is -1.00 e. The fourth-order valence-electron chi connectivity index (χ4n) is 0. The zero-order chi connectivity index (χ0) is 3.58. The fraction of sp³-hybridized carbons (Fsp3) is 0. The van der Waals surface area contributed by atoms with Gasteiger partial charge in [0.15, 0.2) is 0 Å². The van der Waals surface area contributed by atoms with Crippen LogP contribution in [-0.2, 0) is 20.0 Å². The van der Waals surface area contributed by atoms with Gasteiger partial charge < -0.3 is 1.43 Å². The van der Waals surface area contributed by atoms with Gasteiger partial charge in [0.05, 0.1) is 0 Å². The van der Waals surface area contributed by atoms with E-state index in [-0.39, 0.29) is 52.8 Å². The Morgan fingerprint density at radius 2 is 1.60 bits per heavy atom. The van der Waals surface area contributed by atoms with Crippen molar-refractivity contribution in [2.75, 3.05) is 0 Å². The second-order valence-corrected chi connectivity index (χ2v) is 6.34. The topological polar surface area (TPSA) is 0 Å². The van der Waals surface area contributed by atoms with Crippen molar-refractivity contribution in [1.29, 1.82) is 0 Å². The molecule has 0 radical (unpaired) electrons. The first-order chi connectivity index (χ1) is 1.73. The molecule has 5 heteroatoms. The SMILES string of the molecule is [F][Zr]([Cl])[Cl].[H-].[K+]. The Balaban J connectivity index is -0.0000000450. The smallest absolute Gasteiger partial charge is 1.00 e. The Morgan fingerprint density at radius 1 is 1.60 bits per heavy atom. The van der Waals surface area contributed by atoms with E-state index in [0.29, 0.717) is 0 Å². The van der Waals surface area contributed by atoms with E-state index < -0.39 is 20.0 Å². The van der Waals surface area contributed by atoms with Gasteiger partial charge in [-0.2, -0.15) is 0 Å². The second kappa shape index (κ2) is 7.03. The molecule has 0 amide bonds. The van der Waals surface area contributed by atoms with Crippen LogP contribution in [0.2, 0.25) is 0 Å². The van der Waals surface area contributed by atoms with Gasteiger partial charge in [0.2, 0.25) is 0 Å². The molecule has 0 aromatic heterocycles. The van der Waals surface area contributed by atoms with Crippen molar-refractivity contribution in [2.45, 2.75) is 0 Å². The van der Waals surface area contributed by atoms with Crippen molar-refractivity contribution >= 4 is 17.0 Å². The maximum Gasteiger partial charge on any atom is 1.00 e. The molecular weight excluding hydrogens is 220 g/mol. The third-order valence-corrected chi connectivity index (χ3v) is 0. The predicted molar refractivity (Wildman–Crippen MR) is 13.9 cm³/mol. The largest absolute Gasteiger partial charge is 1.00 e. The first-order valence-corrected chi connectivity index (χ1v) is 7.83. The molecule has 0 fully saturated rings. The summed E-state index contributed by atoms with van der Waals surface area (Å²) in [7, 11) is 9.14. The number of halogens is 3. The monoisotopic (exact) mass is 219 g/mol. The Hall–Kier alpha value is 3.03. The maximum absolute atomic E-state index is 10.7. The number of hydrogen-bond donors (Lipinski definition) is 0. The van der Waals surface area contributed by atoms with Crippen LogP contribution in [0.15, 0.2) is 0 Å². The molecule has 0 nitrogen and oxygen atoms in total. The summed E-state index contributed by atoms with van der Waals surface area (Å²) in [5.41, 5.74) is 0. The Labute approximate surface area is 90.0 Å². The van der Waals surface area contributed by atoms with Gasteiger partial charge in [-0.15, -0.1) is 0 Å². The van der Waals surface area contributed by atoms with E-state index >= 15 is 0 Å². The van der Waals surface area contributed by atoms with Crippen molar-refractivity contribution in [3.8, 4) is 0 Å². The van der Waals surface area contributed by atoms with Crippen LogP contribution >= 0.6 is 17.0 Å². The molecule has 0 bridgehead atoms. The van der Waals surface area contributed by atoms with Gasteiger partial charge >= 0.3 is 91.0 Å². The van der Waals surface area contributed by atoms with Crippen LogP contribution < -0.4 is 51.4 Å². The van der Waals surface area contributed by atoms with Crippen molar-refractivity contribution in [2.24, 2.45) is 0 Å². The minimum atomic E-state index is -3.10. The van der Waals surface area contributed by atoms with Crippen molar-refractivity contribution in [3.63, 3.8) is 0 Å². The molecule has 0 aromatic carbocycles. The summed E-state index contributed by atoms with van der Waals surface area (Å²) in [6.07, 6.45) is 0. The van der Waals surface area contributed by atoms with E-state index in [2.05, 4.69) is 17.0 Å². The van der Waals surface area contributed by atoms with Gasteiger partial charge in [0, 0.05) is 0 Å². The molecule has 0 N–H and O–H groups in total. The first kappa shape index (κ1) is 10.9. The van der Waals surface area contributed by atoms with Crippen LogP contribution in [0.5, 0.6) is 0 Å². The number of hydrogen-bond acceptors (Lipinski definition) is 0. The molecule has 27 valence electrons. The van der Waals surface area contributed by atoms with Gasteiger partial charge in [0.1, 0.15) is 0 Å². The van der Waals surface area contributed by atoms with Gasteiger partial charge in [0.25, 0.3) is 0 Å². The molecule has 0 saturated carbocycles. The summed E-state index contributed by atoms with van der Waals surface area (Å²) < 4.78 is 10.7. The van der Waals surface area contributed by atoms with Crippen LogP contribution in [-0.4, -0.2) is 0 Å². The number of rotatable bonds is 0. The molecule has 0 saturated heterocycles. The minimum absolute atomic E-state index is 0. The Bertz CT molecular complexity index is 18.3. The normalized spacial score (nSPS) is 5.40. The first-order valence-electron chi connectivity index (χ1n) is 0.567. The Kier molecular flexibility index (Phi) is 15.3. The predicted octanol–water partition coefficient (Wildman–Crippen LogP) is -1.09.